The van der Waals surface area contributed by atoms with Crippen LogP contribution in [0.25, 0.3) is 6.08 Å². The summed E-state index contributed by atoms with van der Waals surface area (Å²) in [6.07, 6.45) is 6.39. The second-order valence-corrected chi connectivity index (χ2v) is 6.03. The first-order valence-corrected chi connectivity index (χ1v) is 8.26. The van der Waals surface area contributed by atoms with E-state index in [0.717, 1.165) is 52.8 Å². The molecule has 0 aliphatic rings. The molecule has 1 N–H and O–H groups in total. The normalized spacial score (nSPS) is 11.2. The lowest BCUT2D eigenvalue weighted by Gasteiger charge is -2.11. The third kappa shape index (κ3) is 6.11. The summed E-state index contributed by atoms with van der Waals surface area (Å²) in [6, 6.07) is 4.09. The second kappa shape index (κ2) is 9.56. The minimum absolute atomic E-state index is 0.731. The zero-order valence-corrected chi connectivity index (χ0v) is 14.7. The summed E-state index contributed by atoms with van der Waals surface area (Å²) in [5.41, 5.74) is 1.09. The van der Waals surface area contributed by atoms with Crippen LogP contribution in [0.3, 0.4) is 0 Å². The lowest BCUT2D eigenvalue weighted by molar-refractivity contribution is 0.315. The SMILES string of the molecule is CCCNCC=Cc1cc(Br)cc(Br)c1OCCC. The van der Waals surface area contributed by atoms with Gasteiger partial charge in [-0.05, 0) is 47.4 Å². The van der Waals surface area contributed by atoms with Crippen LogP contribution in [-0.4, -0.2) is 19.7 Å². The molecule has 0 saturated carbocycles. The highest BCUT2D eigenvalue weighted by Gasteiger charge is 2.07. The van der Waals surface area contributed by atoms with Crippen LogP contribution < -0.4 is 10.1 Å². The molecule has 1 aromatic rings. The minimum Gasteiger partial charge on any atom is -0.492 e. The Bertz CT molecular complexity index is 419. The van der Waals surface area contributed by atoms with Gasteiger partial charge in [-0.15, -0.1) is 0 Å². The molecular weight excluding hydrogens is 370 g/mol. The maximum Gasteiger partial charge on any atom is 0.140 e. The lowest BCUT2D eigenvalue weighted by Crippen LogP contribution is -2.13. The molecule has 0 aliphatic carbocycles. The molecular formula is C15H21Br2NO. The zero-order valence-electron chi connectivity index (χ0n) is 11.5. The van der Waals surface area contributed by atoms with Crippen molar-refractivity contribution < 1.29 is 4.74 Å². The van der Waals surface area contributed by atoms with Gasteiger partial charge in [-0.25, -0.2) is 0 Å². The predicted octanol–water partition coefficient (Wildman–Crippen LogP) is 5.01. The monoisotopic (exact) mass is 389 g/mol. The first kappa shape index (κ1) is 16.7. The van der Waals surface area contributed by atoms with Crippen molar-refractivity contribution in [2.24, 2.45) is 0 Å². The number of nitrogens with one attached hydrogen (secondary N) is 1. The van der Waals surface area contributed by atoms with Gasteiger partial charge in [0.05, 0.1) is 11.1 Å². The van der Waals surface area contributed by atoms with Crippen molar-refractivity contribution in [2.75, 3.05) is 19.7 Å². The molecule has 0 spiro atoms. The highest BCUT2D eigenvalue weighted by atomic mass is 79.9. The molecule has 0 unspecified atom stereocenters. The molecule has 0 aliphatic heterocycles. The predicted molar refractivity (Wildman–Crippen MR) is 89.8 cm³/mol. The van der Waals surface area contributed by atoms with E-state index in [4.69, 9.17) is 4.74 Å². The van der Waals surface area contributed by atoms with E-state index in [1.807, 2.05) is 6.07 Å². The van der Waals surface area contributed by atoms with Crippen LogP contribution in [0.4, 0.5) is 0 Å². The van der Waals surface area contributed by atoms with E-state index < -0.39 is 0 Å². The Morgan fingerprint density at radius 2 is 2.00 bits per heavy atom. The summed E-state index contributed by atoms with van der Waals surface area (Å²) in [5.74, 6) is 0.914. The Morgan fingerprint density at radius 1 is 1.21 bits per heavy atom. The van der Waals surface area contributed by atoms with Crippen molar-refractivity contribution in [3.8, 4) is 5.75 Å². The molecule has 4 heteroatoms. The standard InChI is InChI=1S/C15H21Br2NO/c1-3-7-18-8-5-6-12-10-13(16)11-14(17)15(12)19-9-4-2/h5-6,10-11,18H,3-4,7-9H2,1-2H3. The Hall–Kier alpha value is -0.320. The molecule has 0 fully saturated rings. The third-order valence-electron chi connectivity index (χ3n) is 2.47. The molecule has 1 rings (SSSR count). The third-order valence-corrected chi connectivity index (χ3v) is 3.52. The number of hydrogen-bond donors (Lipinski definition) is 1. The number of ether oxygens (including phenoxy) is 1. The summed E-state index contributed by atoms with van der Waals surface area (Å²) in [7, 11) is 0. The molecule has 1 aromatic carbocycles. The van der Waals surface area contributed by atoms with Crippen molar-refractivity contribution in [2.45, 2.75) is 26.7 Å². The average molecular weight is 391 g/mol. The van der Waals surface area contributed by atoms with Crippen LogP contribution >= 0.6 is 31.9 Å². The summed E-state index contributed by atoms with van der Waals surface area (Å²) < 4.78 is 7.84. The molecule has 2 nitrogen and oxygen atoms in total. The van der Waals surface area contributed by atoms with E-state index in [0.29, 0.717) is 0 Å². The van der Waals surface area contributed by atoms with Gasteiger partial charge >= 0.3 is 0 Å². The van der Waals surface area contributed by atoms with Crippen LogP contribution in [0.1, 0.15) is 32.3 Å². The second-order valence-electron chi connectivity index (χ2n) is 4.26. The molecule has 0 saturated heterocycles. The van der Waals surface area contributed by atoms with E-state index in [9.17, 15) is 0 Å². The molecule has 0 bridgehead atoms. The zero-order chi connectivity index (χ0) is 14.1. The average Bonchev–Trinajstić information content (AvgIpc) is 2.37. The molecule has 0 radical (unpaired) electrons. The Balaban J connectivity index is 2.78. The fourth-order valence-electron chi connectivity index (χ4n) is 1.61. The topological polar surface area (TPSA) is 21.3 Å². The van der Waals surface area contributed by atoms with E-state index in [-0.39, 0.29) is 0 Å². The van der Waals surface area contributed by atoms with Crippen LogP contribution in [0.2, 0.25) is 0 Å². The molecule has 0 atom stereocenters. The van der Waals surface area contributed by atoms with Gasteiger partial charge in [0.1, 0.15) is 5.75 Å². The first-order valence-electron chi connectivity index (χ1n) is 6.68. The molecule has 0 amide bonds. The fraction of sp³-hybridized carbons (Fsp3) is 0.467. The Labute approximate surface area is 132 Å². The largest absolute Gasteiger partial charge is 0.492 e. The number of hydrogen-bond acceptors (Lipinski definition) is 2. The minimum atomic E-state index is 0.731. The van der Waals surface area contributed by atoms with E-state index in [2.05, 4.69) is 69.2 Å². The quantitative estimate of drug-likeness (QED) is 0.629. The van der Waals surface area contributed by atoms with Crippen LogP contribution in [0.5, 0.6) is 5.75 Å². The number of benzene rings is 1. The van der Waals surface area contributed by atoms with Crippen molar-refractivity contribution in [1.82, 2.24) is 5.32 Å². The van der Waals surface area contributed by atoms with E-state index in [1.165, 1.54) is 0 Å². The maximum atomic E-state index is 5.81. The summed E-state index contributed by atoms with van der Waals surface area (Å²) >= 11 is 7.07. The van der Waals surface area contributed by atoms with Gasteiger partial charge in [-0.2, -0.15) is 0 Å². The number of halogens is 2. The van der Waals surface area contributed by atoms with E-state index in [1.54, 1.807) is 0 Å². The van der Waals surface area contributed by atoms with Gasteiger partial charge in [-0.3, -0.25) is 0 Å². The van der Waals surface area contributed by atoms with Crippen molar-refractivity contribution in [1.29, 1.82) is 0 Å². The van der Waals surface area contributed by atoms with Crippen molar-refractivity contribution in [3.63, 3.8) is 0 Å². The highest BCUT2D eigenvalue weighted by molar-refractivity contribution is 9.11. The van der Waals surface area contributed by atoms with Crippen LogP contribution in [-0.2, 0) is 0 Å². The molecule has 19 heavy (non-hydrogen) atoms. The smallest absolute Gasteiger partial charge is 0.140 e. The van der Waals surface area contributed by atoms with Crippen molar-refractivity contribution >= 4 is 37.9 Å². The van der Waals surface area contributed by atoms with E-state index >= 15 is 0 Å². The van der Waals surface area contributed by atoms with Crippen molar-refractivity contribution in [3.05, 3.63) is 32.7 Å². The molecule has 0 heterocycles. The summed E-state index contributed by atoms with van der Waals surface area (Å²) in [4.78, 5) is 0. The Kier molecular flexibility index (Phi) is 8.42. The lowest BCUT2D eigenvalue weighted by atomic mass is 10.2. The van der Waals surface area contributed by atoms with Crippen LogP contribution in [0.15, 0.2) is 27.2 Å². The number of rotatable bonds is 8. The van der Waals surface area contributed by atoms with Crippen LogP contribution in [0, 0.1) is 0 Å². The molecule has 0 aromatic heterocycles. The van der Waals surface area contributed by atoms with Gasteiger partial charge in [0.25, 0.3) is 0 Å². The first-order chi connectivity index (χ1) is 9.19. The molecule has 106 valence electrons. The maximum absolute atomic E-state index is 5.81. The fourth-order valence-corrected chi connectivity index (χ4v) is 2.98. The summed E-state index contributed by atoms with van der Waals surface area (Å²) in [6.45, 7) is 6.93. The van der Waals surface area contributed by atoms with Gasteiger partial charge in [0.15, 0.2) is 0 Å². The van der Waals surface area contributed by atoms with Gasteiger partial charge in [0.2, 0.25) is 0 Å². The highest BCUT2D eigenvalue weighted by Crippen LogP contribution is 2.33. The van der Waals surface area contributed by atoms with Gasteiger partial charge in [0, 0.05) is 16.6 Å². The van der Waals surface area contributed by atoms with Gasteiger partial charge < -0.3 is 10.1 Å². The van der Waals surface area contributed by atoms with Gasteiger partial charge in [-0.1, -0.05) is 41.9 Å². The summed E-state index contributed by atoms with van der Waals surface area (Å²) in [5, 5.41) is 3.35. The Morgan fingerprint density at radius 3 is 2.68 bits per heavy atom.